The van der Waals surface area contributed by atoms with E-state index in [-0.39, 0.29) is 11.8 Å². The third-order valence-corrected chi connectivity index (χ3v) is 7.75. The normalized spacial score (nSPS) is 11.0. The number of unbranched alkanes of at least 4 members (excludes halogenated alkanes) is 5. The van der Waals surface area contributed by atoms with E-state index in [1.807, 2.05) is 0 Å². The van der Waals surface area contributed by atoms with Crippen LogP contribution in [0.5, 0.6) is 11.5 Å². The van der Waals surface area contributed by atoms with Crippen molar-refractivity contribution in [2.75, 3.05) is 0 Å². The van der Waals surface area contributed by atoms with Crippen LogP contribution in [0.3, 0.4) is 0 Å². The first-order valence-electron chi connectivity index (χ1n) is 16.1. The Kier molecular flexibility index (Phi) is 15.2. The van der Waals surface area contributed by atoms with Crippen molar-refractivity contribution in [1.82, 2.24) is 10.9 Å². The molecule has 0 saturated carbocycles. The number of ether oxygens (including phenoxy) is 2. The van der Waals surface area contributed by atoms with Crippen LogP contribution < -0.4 is 20.3 Å². The number of hydrazone groups is 2. The largest absolute Gasteiger partial charge is 0.422 e. The molecule has 4 rings (SSSR count). The number of rotatable bonds is 17. The molecule has 0 aliphatic carbocycles. The van der Waals surface area contributed by atoms with Gasteiger partial charge in [0.15, 0.2) is 0 Å². The average molecular weight is 716 g/mol. The highest BCUT2D eigenvalue weighted by Crippen LogP contribution is 2.20. The summed E-state index contributed by atoms with van der Waals surface area (Å²) in [4.78, 5) is 49.4. The van der Waals surface area contributed by atoms with E-state index in [0.717, 1.165) is 25.7 Å². The number of amides is 2. The van der Waals surface area contributed by atoms with Crippen molar-refractivity contribution in [2.24, 2.45) is 10.2 Å². The van der Waals surface area contributed by atoms with E-state index in [2.05, 4.69) is 21.1 Å². The smallest absolute Gasteiger partial charge is 0.343 e. The van der Waals surface area contributed by atoms with Gasteiger partial charge in [-0.1, -0.05) is 73.2 Å². The lowest BCUT2D eigenvalue weighted by Crippen LogP contribution is -2.17. The van der Waals surface area contributed by atoms with Gasteiger partial charge in [0.2, 0.25) is 11.8 Å². The minimum Gasteiger partial charge on any atom is -0.422 e. The van der Waals surface area contributed by atoms with Crippen LogP contribution >= 0.6 is 23.2 Å². The standard InChI is InChI=1S/C38H36Cl2N4O6/c39-31-21-17-27(18-22-31)37(47)49-33-13-9-7-11-29(33)25-41-43-35(45)15-5-3-1-2-4-6-16-36(46)44-42-26-30-12-8-10-14-34(30)50-38(48)28-19-23-32(40)24-20-28/h7-14,17-26H,1-6,15-16H2,(H,43,45)(H,44,46)/b41-25-,42-26-. The van der Waals surface area contributed by atoms with Crippen LogP contribution in [0.15, 0.2) is 107 Å². The van der Waals surface area contributed by atoms with Crippen molar-refractivity contribution < 1.29 is 28.7 Å². The third-order valence-electron chi connectivity index (χ3n) is 7.25. The maximum Gasteiger partial charge on any atom is 0.343 e. The Morgan fingerprint density at radius 2 is 0.880 bits per heavy atom. The summed E-state index contributed by atoms with van der Waals surface area (Å²) in [6.07, 6.45) is 8.57. The quantitative estimate of drug-likeness (QED) is 0.0373. The van der Waals surface area contributed by atoms with E-state index in [0.29, 0.717) is 69.5 Å². The number of hydrogen-bond acceptors (Lipinski definition) is 8. The van der Waals surface area contributed by atoms with Crippen LogP contribution in [0.25, 0.3) is 0 Å². The highest BCUT2D eigenvalue weighted by Gasteiger charge is 2.12. The second-order valence-corrected chi connectivity index (χ2v) is 11.9. The van der Waals surface area contributed by atoms with Crippen molar-refractivity contribution in [2.45, 2.75) is 51.4 Å². The predicted molar refractivity (Wildman–Crippen MR) is 194 cm³/mol. The van der Waals surface area contributed by atoms with Crippen LogP contribution in [0.1, 0.15) is 83.2 Å². The second-order valence-electron chi connectivity index (χ2n) is 11.1. The Hall–Kier alpha value is -5.32. The maximum absolute atomic E-state index is 12.5. The van der Waals surface area contributed by atoms with Crippen LogP contribution in [-0.4, -0.2) is 36.2 Å². The summed E-state index contributed by atoms with van der Waals surface area (Å²) >= 11 is 11.8. The Bertz CT molecular complexity index is 1680. The minimum absolute atomic E-state index is 0.212. The van der Waals surface area contributed by atoms with Crippen LogP contribution in [0.4, 0.5) is 0 Å². The van der Waals surface area contributed by atoms with E-state index in [4.69, 9.17) is 32.7 Å². The van der Waals surface area contributed by atoms with Gasteiger partial charge in [0.05, 0.1) is 23.6 Å². The summed E-state index contributed by atoms with van der Waals surface area (Å²) in [5.74, 6) is -0.863. The molecule has 0 spiro atoms. The average Bonchev–Trinajstić information content (AvgIpc) is 3.11. The van der Waals surface area contributed by atoms with Gasteiger partial charge >= 0.3 is 11.9 Å². The van der Waals surface area contributed by atoms with E-state index in [9.17, 15) is 19.2 Å². The summed E-state index contributed by atoms with van der Waals surface area (Å²) < 4.78 is 11.0. The van der Waals surface area contributed by atoms with Gasteiger partial charge in [-0.05, 0) is 85.6 Å². The highest BCUT2D eigenvalue weighted by atomic mass is 35.5. The molecule has 10 nitrogen and oxygen atoms in total. The summed E-state index contributed by atoms with van der Waals surface area (Å²) in [6.45, 7) is 0. The molecular weight excluding hydrogens is 679 g/mol. The lowest BCUT2D eigenvalue weighted by atomic mass is 10.1. The molecule has 2 N–H and O–H groups in total. The molecule has 4 aromatic rings. The van der Waals surface area contributed by atoms with Gasteiger partial charge in [0, 0.05) is 34.0 Å². The van der Waals surface area contributed by atoms with Crippen molar-refractivity contribution in [3.63, 3.8) is 0 Å². The molecule has 0 fully saturated rings. The molecule has 12 heteroatoms. The number of carbonyl (C=O) groups is 4. The first kappa shape index (κ1) is 37.5. The molecule has 0 aliphatic heterocycles. The lowest BCUT2D eigenvalue weighted by Gasteiger charge is -2.07. The molecule has 0 aromatic heterocycles. The zero-order valence-corrected chi connectivity index (χ0v) is 28.7. The van der Waals surface area contributed by atoms with Crippen molar-refractivity contribution >= 4 is 59.4 Å². The van der Waals surface area contributed by atoms with Gasteiger partial charge in [0.25, 0.3) is 0 Å². The number of nitrogens with one attached hydrogen (secondary N) is 2. The first-order valence-corrected chi connectivity index (χ1v) is 16.8. The second kappa shape index (κ2) is 20.3. The van der Waals surface area contributed by atoms with Crippen LogP contribution in [0, 0.1) is 0 Å². The molecule has 0 saturated heterocycles. The third kappa shape index (κ3) is 12.9. The topological polar surface area (TPSA) is 136 Å². The monoisotopic (exact) mass is 714 g/mol. The zero-order chi connectivity index (χ0) is 35.6. The maximum atomic E-state index is 12.5. The number of carbonyl (C=O) groups excluding carboxylic acids is 4. The summed E-state index contributed by atoms with van der Waals surface area (Å²) in [5, 5.41) is 9.06. The molecule has 50 heavy (non-hydrogen) atoms. The first-order chi connectivity index (χ1) is 24.3. The fraction of sp³-hybridized carbons (Fsp3) is 0.211. The molecule has 0 atom stereocenters. The molecule has 0 aliphatic rings. The van der Waals surface area contributed by atoms with E-state index >= 15 is 0 Å². The zero-order valence-electron chi connectivity index (χ0n) is 27.1. The van der Waals surface area contributed by atoms with Gasteiger partial charge in [-0.25, -0.2) is 20.4 Å². The van der Waals surface area contributed by atoms with Gasteiger partial charge in [0.1, 0.15) is 11.5 Å². The number of hydrogen-bond donors (Lipinski definition) is 2. The Labute approximate surface area is 300 Å². The van der Waals surface area contributed by atoms with E-state index < -0.39 is 11.9 Å². The van der Waals surface area contributed by atoms with Crippen molar-refractivity contribution in [1.29, 1.82) is 0 Å². The molecule has 0 heterocycles. The van der Waals surface area contributed by atoms with Crippen molar-refractivity contribution in [3.05, 3.63) is 129 Å². The molecule has 4 aromatic carbocycles. The summed E-state index contributed by atoms with van der Waals surface area (Å²) in [5.41, 5.74) is 6.82. The number of benzene rings is 4. The lowest BCUT2D eigenvalue weighted by molar-refractivity contribution is -0.122. The molecule has 0 bridgehead atoms. The van der Waals surface area contributed by atoms with Crippen LogP contribution in [-0.2, 0) is 9.59 Å². The number of esters is 2. The SMILES string of the molecule is O=C(CCCCCCCCC(=O)N/N=C\c1ccccc1OC(=O)c1ccc(Cl)cc1)N/N=C\c1ccccc1OC(=O)c1ccc(Cl)cc1. The molecule has 2 amide bonds. The molecule has 258 valence electrons. The number of halogens is 2. The Morgan fingerprint density at radius 1 is 0.520 bits per heavy atom. The minimum atomic E-state index is -0.532. The van der Waals surface area contributed by atoms with Crippen molar-refractivity contribution in [3.8, 4) is 11.5 Å². The summed E-state index contributed by atoms with van der Waals surface area (Å²) in [6, 6.07) is 26.5. The summed E-state index contributed by atoms with van der Waals surface area (Å²) in [7, 11) is 0. The van der Waals surface area contributed by atoms with Gasteiger partial charge in [-0.2, -0.15) is 10.2 Å². The van der Waals surface area contributed by atoms with Gasteiger partial charge in [-0.15, -0.1) is 0 Å². The Balaban J connectivity index is 1.06. The Morgan fingerprint density at radius 3 is 1.28 bits per heavy atom. The molecular formula is C38H36Cl2N4O6. The highest BCUT2D eigenvalue weighted by molar-refractivity contribution is 6.31. The molecule has 0 unspecified atom stereocenters. The van der Waals surface area contributed by atoms with Gasteiger partial charge < -0.3 is 9.47 Å². The number of nitrogens with zero attached hydrogens (tertiary/aromatic N) is 2. The van der Waals surface area contributed by atoms with E-state index in [1.54, 1.807) is 97.1 Å². The van der Waals surface area contributed by atoms with Crippen LogP contribution in [0.2, 0.25) is 10.0 Å². The molecule has 0 radical (unpaired) electrons. The predicted octanol–water partition coefficient (Wildman–Crippen LogP) is 8.15. The fourth-order valence-corrected chi connectivity index (χ4v) is 4.84. The number of para-hydroxylation sites is 2. The fourth-order valence-electron chi connectivity index (χ4n) is 4.59. The van der Waals surface area contributed by atoms with E-state index in [1.165, 1.54) is 12.4 Å². The van der Waals surface area contributed by atoms with Gasteiger partial charge in [-0.3, -0.25) is 9.59 Å².